The van der Waals surface area contributed by atoms with Gasteiger partial charge in [-0.1, -0.05) is 0 Å². The molecule has 2 aliphatic heterocycles. The molecule has 0 unspecified atom stereocenters. The molecular weight excluding hydrogens is 262 g/mol. The van der Waals surface area contributed by atoms with Gasteiger partial charge in [0.1, 0.15) is 0 Å². The molecule has 0 aromatic carbocycles. The maximum absolute atomic E-state index is 13.0. The molecule has 1 N–H and O–H groups in total. The first-order chi connectivity index (χ1) is 10.3. The Balaban J connectivity index is 1.62. The Hall–Kier alpha value is -1.42. The van der Waals surface area contributed by atoms with E-state index in [4.69, 9.17) is 0 Å². The molecule has 21 heavy (non-hydrogen) atoms. The van der Waals surface area contributed by atoms with Gasteiger partial charge in [0.05, 0.1) is 5.56 Å². The number of nitrogens with zero attached hydrogens (tertiary/aromatic N) is 2. The third-order valence-corrected chi connectivity index (χ3v) is 5.31. The van der Waals surface area contributed by atoms with Crippen molar-refractivity contribution in [1.29, 1.82) is 0 Å². The van der Waals surface area contributed by atoms with Crippen molar-refractivity contribution in [1.82, 2.24) is 15.2 Å². The number of pyridine rings is 1. The highest BCUT2D eigenvalue weighted by Crippen LogP contribution is 2.30. The number of amides is 1. The summed E-state index contributed by atoms with van der Waals surface area (Å²) in [5.41, 5.74) is 3.31. The Kier molecular flexibility index (Phi) is 3.42. The molecule has 0 spiro atoms. The Bertz CT molecular complexity index is 543. The lowest BCUT2D eigenvalue weighted by Gasteiger charge is -2.28. The van der Waals surface area contributed by atoms with Crippen LogP contribution in [0.15, 0.2) is 12.3 Å². The number of carbonyl (C=O) groups excluding carboxylic acids is 1. The average molecular weight is 285 g/mol. The highest BCUT2D eigenvalue weighted by Gasteiger charge is 2.38. The number of aromatic nitrogens is 1. The molecule has 2 saturated heterocycles. The number of fused-ring (bicyclic) bond motifs is 3. The van der Waals surface area contributed by atoms with Gasteiger partial charge in [-0.3, -0.25) is 9.78 Å². The van der Waals surface area contributed by atoms with Crippen LogP contribution in [0.25, 0.3) is 0 Å². The third-order valence-electron chi connectivity index (χ3n) is 5.31. The van der Waals surface area contributed by atoms with Crippen LogP contribution in [0.5, 0.6) is 0 Å². The Morgan fingerprint density at radius 1 is 1.19 bits per heavy atom. The largest absolute Gasteiger partial charge is 0.331 e. The van der Waals surface area contributed by atoms with Gasteiger partial charge >= 0.3 is 0 Å². The minimum atomic E-state index is 0.201. The summed E-state index contributed by atoms with van der Waals surface area (Å²) in [6, 6.07) is 2.91. The molecular formula is C17H23N3O. The average Bonchev–Trinajstić information content (AvgIpc) is 2.79. The molecule has 112 valence electrons. The highest BCUT2D eigenvalue weighted by atomic mass is 16.2. The first kappa shape index (κ1) is 13.3. The minimum Gasteiger partial charge on any atom is -0.331 e. The molecule has 2 fully saturated rings. The topological polar surface area (TPSA) is 45.2 Å². The van der Waals surface area contributed by atoms with Gasteiger partial charge in [0.2, 0.25) is 0 Å². The van der Waals surface area contributed by atoms with Gasteiger partial charge in [-0.25, -0.2) is 0 Å². The maximum atomic E-state index is 13.0. The molecule has 4 nitrogen and oxygen atoms in total. The number of hydrogen-bond acceptors (Lipinski definition) is 3. The number of rotatable bonds is 1. The SMILES string of the molecule is O=C(c1cnc2c(c1)CCCC2)N1[C@H]2CCNC[C@@H]1CC2. The van der Waals surface area contributed by atoms with E-state index in [-0.39, 0.29) is 5.91 Å². The summed E-state index contributed by atoms with van der Waals surface area (Å²) in [4.78, 5) is 19.7. The van der Waals surface area contributed by atoms with E-state index in [0.29, 0.717) is 12.1 Å². The quantitative estimate of drug-likeness (QED) is 0.857. The van der Waals surface area contributed by atoms with Crippen molar-refractivity contribution in [2.75, 3.05) is 13.1 Å². The van der Waals surface area contributed by atoms with E-state index >= 15 is 0 Å². The number of aryl methyl sites for hydroxylation is 2. The second kappa shape index (κ2) is 5.41. The first-order valence-electron chi connectivity index (χ1n) is 8.34. The molecule has 3 heterocycles. The molecule has 1 amide bonds. The molecule has 0 radical (unpaired) electrons. The molecule has 0 saturated carbocycles. The van der Waals surface area contributed by atoms with Gasteiger partial charge in [0.25, 0.3) is 5.91 Å². The molecule has 4 heteroatoms. The van der Waals surface area contributed by atoms with Gasteiger partial charge < -0.3 is 10.2 Å². The van der Waals surface area contributed by atoms with Gasteiger partial charge in [-0.2, -0.15) is 0 Å². The van der Waals surface area contributed by atoms with Crippen LogP contribution in [0.3, 0.4) is 0 Å². The summed E-state index contributed by atoms with van der Waals surface area (Å²) in [5, 5.41) is 3.46. The fraction of sp³-hybridized carbons (Fsp3) is 0.647. The van der Waals surface area contributed by atoms with Gasteiger partial charge in [0, 0.05) is 30.5 Å². The lowest BCUT2D eigenvalue weighted by Crippen LogP contribution is -2.42. The molecule has 1 aromatic rings. The van der Waals surface area contributed by atoms with E-state index in [0.717, 1.165) is 50.8 Å². The molecule has 1 aliphatic carbocycles. The molecule has 3 aliphatic rings. The number of nitrogens with one attached hydrogen (secondary N) is 1. The van der Waals surface area contributed by atoms with E-state index in [1.807, 2.05) is 6.20 Å². The lowest BCUT2D eigenvalue weighted by molar-refractivity contribution is 0.0679. The standard InChI is InChI=1S/C17H23N3O/c21-17(20-14-5-6-15(20)11-18-8-7-14)13-9-12-3-1-2-4-16(12)19-10-13/h9-10,14-15,18H,1-8,11H2/t14-,15+/m1/s1. The van der Waals surface area contributed by atoms with Crippen LogP contribution >= 0.6 is 0 Å². The van der Waals surface area contributed by atoms with E-state index in [1.165, 1.54) is 24.1 Å². The fourth-order valence-corrected chi connectivity index (χ4v) is 4.17. The fourth-order valence-electron chi connectivity index (χ4n) is 4.17. The van der Waals surface area contributed by atoms with E-state index < -0.39 is 0 Å². The first-order valence-corrected chi connectivity index (χ1v) is 8.34. The predicted octanol–water partition coefficient (Wildman–Crippen LogP) is 1.93. The smallest absolute Gasteiger partial charge is 0.255 e. The van der Waals surface area contributed by atoms with Crippen molar-refractivity contribution in [2.45, 2.75) is 57.0 Å². The van der Waals surface area contributed by atoms with Crippen LogP contribution < -0.4 is 5.32 Å². The molecule has 1 aromatic heterocycles. The zero-order valence-electron chi connectivity index (χ0n) is 12.5. The van der Waals surface area contributed by atoms with Crippen LogP contribution in [0.2, 0.25) is 0 Å². The summed E-state index contributed by atoms with van der Waals surface area (Å²) < 4.78 is 0. The minimum absolute atomic E-state index is 0.201. The zero-order chi connectivity index (χ0) is 14.2. The van der Waals surface area contributed by atoms with E-state index in [9.17, 15) is 4.79 Å². The highest BCUT2D eigenvalue weighted by molar-refractivity contribution is 5.94. The molecule has 4 rings (SSSR count). The van der Waals surface area contributed by atoms with Crippen molar-refractivity contribution in [3.8, 4) is 0 Å². The van der Waals surface area contributed by atoms with E-state index in [1.54, 1.807) is 0 Å². The number of hydrogen-bond donors (Lipinski definition) is 1. The van der Waals surface area contributed by atoms with Crippen LogP contribution in [0.4, 0.5) is 0 Å². The van der Waals surface area contributed by atoms with E-state index in [2.05, 4.69) is 21.3 Å². The predicted molar refractivity (Wildman–Crippen MR) is 81.3 cm³/mol. The van der Waals surface area contributed by atoms with Gasteiger partial charge in [-0.05, 0) is 63.1 Å². The van der Waals surface area contributed by atoms with Crippen LogP contribution in [0.1, 0.15) is 53.7 Å². The van der Waals surface area contributed by atoms with Crippen molar-refractivity contribution < 1.29 is 4.79 Å². The van der Waals surface area contributed by atoms with Gasteiger partial charge in [0.15, 0.2) is 0 Å². The Morgan fingerprint density at radius 2 is 2.05 bits per heavy atom. The van der Waals surface area contributed by atoms with Crippen LogP contribution in [0, 0.1) is 0 Å². The van der Waals surface area contributed by atoms with Gasteiger partial charge in [-0.15, -0.1) is 0 Å². The van der Waals surface area contributed by atoms with Crippen molar-refractivity contribution >= 4 is 5.91 Å². The number of carbonyl (C=O) groups is 1. The second-order valence-electron chi connectivity index (χ2n) is 6.63. The lowest BCUT2D eigenvalue weighted by atomic mass is 9.95. The molecule has 2 atom stereocenters. The van der Waals surface area contributed by atoms with Crippen LogP contribution in [-0.2, 0) is 12.8 Å². The third kappa shape index (κ3) is 2.35. The summed E-state index contributed by atoms with van der Waals surface area (Å²) in [5.74, 6) is 0.201. The molecule has 2 bridgehead atoms. The Morgan fingerprint density at radius 3 is 3.00 bits per heavy atom. The van der Waals surface area contributed by atoms with Crippen molar-refractivity contribution in [3.05, 3.63) is 29.1 Å². The zero-order valence-corrected chi connectivity index (χ0v) is 12.5. The van der Waals surface area contributed by atoms with Crippen molar-refractivity contribution in [3.63, 3.8) is 0 Å². The maximum Gasteiger partial charge on any atom is 0.255 e. The Labute approximate surface area is 125 Å². The summed E-state index contributed by atoms with van der Waals surface area (Å²) >= 11 is 0. The monoisotopic (exact) mass is 285 g/mol. The van der Waals surface area contributed by atoms with Crippen molar-refractivity contribution in [2.24, 2.45) is 0 Å². The summed E-state index contributed by atoms with van der Waals surface area (Å²) in [7, 11) is 0. The second-order valence-corrected chi connectivity index (χ2v) is 6.63. The normalized spacial score (nSPS) is 28.1. The van der Waals surface area contributed by atoms with Crippen LogP contribution in [-0.4, -0.2) is 41.0 Å². The summed E-state index contributed by atoms with van der Waals surface area (Å²) in [6.45, 7) is 1.98. The summed E-state index contributed by atoms with van der Waals surface area (Å²) in [6.07, 6.45) is 9.81.